The van der Waals surface area contributed by atoms with Crippen molar-refractivity contribution in [1.82, 2.24) is 0 Å². The quantitative estimate of drug-likeness (QED) is 0.397. The first-order valence-electron chi connectivity index (χ1n) is 6.39. The molecule has 1 aromatic rings. The second-order valence-corrected chi connectivity index (χ2v) is 4.71. The average molecular weight is 272 g/mol. The molecule has 1 N–H and O–H groups in total. The summed E-state index contributed by atoms with van der Waals surface area (Å²) in [7, 11) is 1.39. The van der Waals surface area contributed by atoms with Gasteiger partial charge >= 0.3 is 5.97 Å². The summed E-state index contributed by atoms with van der Waals surface area (Å²) < 4.78 is 6.73. The van der Waals surface area contributed by atoms with Crippen LogP contribution in [0.1, 0.15) is 24.8 Å². The van der Waals surface area contributed by atoms with E-state index in [1.54, 1.807) is 6.20 Å². The zero-order chi connectivity index (χ0) is 14.7. The Kier molecular flexibility index (Phi) is 4.03. The fourth-order valence-corrected chi connectivity index (χ4v) is 2.45. The minimum absolute atomic E-state index is 0.00439. The number of esters is 1. The maximum absolute atomic E-state index is 11.6. The van der Waals surface area contributed by atoms with Gasteiger partial charge < -0.3 is 9.84 Å². The van der Waals surface area contributed by atoms with Crippen molar-refractivity contribution in [2.24, 2.45) is 0 Å². The number of methoxy groups -OCH3 is 1. The molecule has 1 heterocycles. The van der Waals surface area contributed by atoms with Crippen molar-refractivity contribution < 1.29 is 19.2 Å². The van der Waals surface area contributed by atoms with E-state index in [-0.39, 0.29) is 17.6 Å². The summed E-state index contributed by atoms with van der Waals surface area (Å²) in [6.45, 7) is 5.41. The number of nitrogens with zero attached hydrogens (tertiary/aromatic N) is 1. The van der Waals surface area contributed by atoms with Crippen molar-refractivity contribution in [3.8, 4) is 0 Å². The number of aliphatic hydroxyl groups is 1. The van der Waals surface area contributed by atoms with E-state index in [2.05, 4.69) is 6.58 Å². The van der Waals surface area contributed by atoms with E-state index in [4.69, 9.17) is 4.74 Å². The van der Waals surface area contributed by atoms with Crippen LogP contribution in [0.3, 0.4) is 0 Å². The van der Waals surface area contributed by atoms with Crippen LogP contribution >= 0.6 is 0 Å². The van der Waals surface area contributed by atoms with E-state index in [9.17, 15) is 9.90 Å². The fraction of sp³-hybridized carbons (Fsp3) is 0.250. The molecule has 0 bridgehead atoms. The number of carbonyl (C=O) groups excluding carboxylic acids is 1. The van der Waals surface area contributed by atoms with E-state index in [0.717, 1.165) is 17.0 Å². The van der Waals surface area contributed by atoms with E-state index in [0.29, 0.717) is 6.42 Å². The SMILES string of the molecule is C=C(O)/C=C\[N+]1=C(C)C(CC(=O)OC)c2ccccc21. The summed E-state index contributed by atoms with van der Waals surface area (Å²) in [6, 6.07) is 7.89. The lowest BCUT2D eigenvalue weighted by atomic mass is 9.93. The predicted molar refractivity (Wildman–Crippen MR) is 77.3 cm³/mol. The lowest BCUT2D eigenvalue weighted by Crippen LogP contribution is -2.15. The number of benzene rings is 1. The Labute approximate surface area is 118 Å². The van der Waals surface area contributed by atoms with Crippen LogP contribution in [0.25, 0.3) is 0 Å². The highest BCUT2D eigenvalue weighted by molar-refractivity contribution is 5.93. The van der Waals surface area contributed by atoms with Crippen LogP contribution in [-0.2, 0) is 9.53 Å². The molecule has 0 amide bonds. The second-order valence-electron chi connectivity index (χ2n) is 4.71. The third-order valence-electron chi connectivity index (χ3n) is 3.47. The summed E-state index contributed by atoms with van der Waals surface area (Å²) in [5, 5.41) is 9.21. The highest BCUT2D eigenvalue weighted by atomic mass is 16.5. The normalized spacial score (nSPS) is 17.4. The van der Waals surface area contributed by atoms with Crippen LogP contribution < -0.4 is 0 Å². The first-order valence-corrected chi connectivity index (χ1v) is 6.39. The number of rotatable bonds is 4. The van der Waals surface area contributed by atoms with Crippen LogP contribution in [0.15, 0.2) is 48.9 Å². The minimum atomic E-state index is -0.235. The predicted octanol–water partition coefficient (Wildman–Crippen LogP) is 3.04. The molecule has 0 radical (unpaired) electrons. The molecule has 1 unspecified atom stereocenters. The second kappa shape index (κ2) is 5.74. The zero-order valence-electron chi connectivity index (χ0n) is 11.7. The first kappa shape index (κ1) is 14.1. The zero-order valence-corrected chi connectivity index (χ0v) is 11.7. The maximum atomic E-state index is 11.6. The third kappa shape index (κ3) is 2.64. The van der Waals surface area contributed by atoms with Crippen molar-refractivity contribution in [1.29, 1.82) is 0 Å². The van der Waals surface area contributed by atoms with Gasteiger partial charge in [0.1, 0.15) is 5.76 Å². The molecule has 2 rings (SSSR count). The Morgan fingerprint density at radius 1 is 1.50 bits per heavy atom. The molecule has 1 aliphatic rings. The van der Waals surface area contributed by atoms with Gasteiger partial charge in [0.25, 0.3) is 0 Å². The molecule has 20 heavy (non-hydrogen) atoms. The smallest absolute Gasteiger partial charge is 0.306 e. The van der Waals surface area contributed by atoms with Crippen molar-refractivity contribution in [3.63, 3.8) is 0 Å². The van der Waals surface area contributed by atoms with Crippen molar-refractivity contribution in [3.05, 3.63) is 54.4 Å². The number of hydrogen-bond donors (Lipinski definition) is 1. The number of fused-ring (bicyclic) bond motifs is 1. The Bertz CT molecular complexity index is 614. The van der Waals surface area contributed by atoms with Crippen molar-refractivity contribution in [2.75, 3.05) is 7.11 Å². The number of para-hydroxylation sites is 1. The summed E-state index contributed by atoms with van der Waals surface area (Å²) in [4.78, 5) is 11.6. The van der Waals surface area contributed by atoms with Crippen LogP contribution in [-0.4, -0.2) is 28.5 Å². The molecule has 1 atom stereocenters. The van der Waals surface area contributed by atoms with E-state index < -0.39 is 0 Å². The number of carbonyl (C=O) groups is 1. The van der Waals surface area contributed by atoms with Gasteiger partial charge in [-0.3, -0.25) is 4.79 Å². The molecule has 4 nitrogen and oxygen atoms in total. The molecule has 104 valence electrons. The maximum Gasteiger partial charge on any atom is 0.306 e. The summed E-state index contributed by atoms with van der Waals surface area (Å²) in [6.07, 6.45) is 3.60. The highest BCUT2D eigenvalue weighted by Crippen LogP contribution is 2.37. The fourth-order valence-electron chi connectivity index (χ4n) is 2.45. The van der Waals surface area contributed by atoms with Gasteiger partial charge in [-0.15, -0.1) is 0 Å². The number of allylic oxidation sites excluding steroid dienone is 1. The van der Waals surface area contributed by atoms with E-state index in [1.165, 1.54) is 13.2 Å². The molecule has 0 saturated carbocycles. The summed E-state index contributed by atoms with van der Waals surface area (Å²) in [5.74, 6) is -0.247. The number of aliphatic hydroxyl groups excluding tert-OH is 1. The Morgan fingerprint density at radius 3 is 2.85 bits per heavy atom. The Morgan fingerprint density at radius 2 is 2.20 bits per heavy atom. The van der Waals surface area contributed by atoms with Gasteiger partial charge in [-0.1, -0.05) is 24.8 Å². The van der Waals surface area contributed by atoms with Crippen LogP contribution in [0.5, 0.6) is 0 Å². The molecule has 1 aromatic carbocycles. The lowest BCUT2D eigenvalue weighted by molar-refractivity contribution is -0.357. The summed E-state index contributed by atoms with van der Waals surface area (Å²) in [5.41, 5.74) is 3.12. The van der Waals surface area contributed by atoms with Gasteiger partial charge in [-0.05, 0) is 0 Å². The molecule has 0 aromatic heterocycles. The van der Waals surface area contributed by atoms with E-state index in [1.807, 2.05) is 35.8 Å². The van der Waals surface area contributed by atoms with Gasteiger partial charge in [0, 0.05) is 24.6 Å². The van der Waals surface area contributed by atoms with Crippen molar-refractivity contribution >= 4 is 17.4 Å². The van der Waals surface area contributed by atoms with Crippen LogP contribution in [0.4, 0.5) is 5.69 Å². The largest absolute Gasteiger partial charge is 0.508 e. The average Bonchev–Trinajstić information content (AvgIpc) is 2.69. The summed E-state index contributed by atoms with van der Waals surface area (Å²) >= 11 is 0. The van der Waals surface area contributed by atoms with Gasteiger partial charge in [-0.2, -0.15) is 4.58 Å². The molecular weight excluding hydrogens is 254 g/mol. The molecule has 0 fully saturated rings. The number of hydrogen-bond acceptors (Lipinski definition) is 3. The molecule has 4 heteroatoms. The van der Waals surface area contributed by atoms with Gasteiger partial charge in [-0.25, -0.2) is 0 Å². The van der Waals surface area contributed by atoms with E-state index >= 15 is 0 Å². The van der Waals surface area contributed by atoms with Crippen molar-refractivity contribution in [2.45, 2.75) is 19.3 Å². The molecular formula is C16H18NO3+. The Balaban J connectivity index is 2.43. The molecule has 1 aliphatic heterocycles. The molecule has 0 aliphatic carbocycles. The highest BCUT2D eigenvalue weighted by Gasteiger charge is 2.36. The third-order valence-corrected chi connectivity index (χ3v) is 3.47. The van der Waals surface area contributed by atoms with Crippen LogP contribution in [0.2, 0.25) is 0 Å². The van der Waals surface area contributed by atoms with Gasteiger partial charge in [0.05, 0.1) is 19.4 Å². The first-order chi connectivity index (χ1) is 9.54. The topological polar surface area (TPSA) is 49.5 Å². The monoisotopic (exact) mass is 272 g/mol. The van der Waals surface area contributed by atoms with Gasteiger partial charge in [0.2, 0.25) is 5.69 Å². The van der Waals surface area contributed by atoms with Gasteiger partial charge in [0.15, 0.2) is 11.9 Å². The lowest BCUT2D eigenvalue weighted by Gasteiger charge is -2.06. The minimum Gasteiger partial charge on any atom is -0.508 e. The molecule has 0 spiro atoms. The van der Waals surface area contributed by atoms with Crippen LogP contribution in [0, 0.1) is 0 Å². The standard InChI is InChI=1S/C16H17NO3/c1-11(18)8-9-17-12(2)14(10-16(19)20-3)13-6-4-5-7-15(13)17/h4-9,14H,1,10H2,2-3H3/p+1/b9-8-. The number of ether oxygens (including phenoxy) is 1. The Hall–Kier alpha value is -2.36. The molecule has 0 saturated heterocycles.